The van der Waals surface area contributed by atoms with Crippen LogP contribution in [0.25, 0.3) is 10.8 Å². The highest BCUT2D eigenvalue weighted by molar-refractivity contribution is 5.85. The number of aliphatic hydroxyl groups is 1. The average molecular weight is 283 g/mol. The van der Waals surface area contributed by atoms with E-state index in [1.54, 1.807) is 0 Å². The van der Waals surface area contributed by atoms with Gasteiger partial charge in [-0.25, -0.2) is 0 Å². The molecular formula is C19H25NO. The molecule has 1 aliphatic rings. The summed E-state index contributed by atoms with van der Waals surface area (Å²) in [6.07, 6.45) is 3.98. The van der Waals surface area contributed by atoms with Gasteiger partial charge in [-0.2, -0.15) is 0 Å². The zero-order valence-electron chi connectivity index (χ0n) is 13.0. The Morgan fingerprint density at radius 2 is 1.62 bits per heavy atom. The number of hydrogen-bond acceptors (Lipinski definition) is 2. The molecule has 112 valence electrons. The Balaban J connectivity index is 1.66. The number of fused-ring (bicyclic) bond motifs is 1. The molecule has 21 heavy (non-hydrogen) atoms. The van der Waals surface area contributed by atoms with Crippen LogP contribution in [-0.2, 0) is 0 Å². The number of nitrogens with one attached hydrogen (secondary N) is 1. The molecule has 0 saturated heterocycles. The topological polar surface area (TPSA) is 32.3 Å². The predicted octanol–water partition coefficient (Wildman–Crippen LogP) is 4.58. The predicted molar refractivity (Wildman–Crippen MR) is 89.6 cm³/mol. The van der Waals surface area contributed by atoms with Crippen LogP contribution in [0.15, 0.2) is 42.5 Å². The highest BCUT2D eigenvalue weighted by atomic mass is 16.3. The first-order valence-corrected chi connectivity index (χ1v) is 7.91. The Morgan fingerprint density at radius 1 is 0.952 bits per heavy atom. The summed E-state index contributed by atoms with van der Waals surface area (Å²) in [7, 11) is 0. The fraction of sp³-hybridized carbons (Fsp3) is 0.474. The molecule has 1 aliphatic carbocycles. The molecule has 0 bridgehead atoms. The van der Waals surface area contributed by atoms with Crippen LogP contribution >= 0.6 is 0 Å². The molecule has 2 N–H and O–H groups in total. The Labute approximate surface area is 127 Å². The van der Waals surface area contributed by atoms with Crippen molar-refractivity contribution in [3.63, 3.8) is 0 Å². The van der Waals surface area contributed by atoms with Crippen LogP contribution in [0.4, 0.5) is 5.69 Å². The normalized spacial score (nSPS) is 20.3. The van der Waals surface area contributed by atoms with Crippen LogP contribution in [0.1, 0.15) is 39.5 Å². The number of hydrogen-bond donors (Lipinski definition) is 2. The molecule has 2 heteroatoms. The second-order valence-corrected chi connectivity index (χ2v) is 7.30. The van der Waals surface area contributed by atoms with Crippen molar-refractivity contribution < 1.29 is 5.11 Å². The van der Waals surface area contributed by atoms with Crippen LogP contribution in [0, 0.1) is 5.41 Å². The largest absolute Gasteiger partial charge is 0.388 e. The van der Waals surface area contributed by atoms with Crippen molar-refractivity contribution in [1.29, 1.82) is 0 Å². The van der Waals surface area contributed by atoms with E-state index >= 15 is 0 Å². The fourth-order valence-corrected chi connectivity index (χ4v) is 3.13. The SMILES string of the molecule is CC1(C)CCC(O)(CNc2ccc3ccccc3c2)CC1. The van der Waals surface area contributed by atoms with Crippen molar-refractivity contribution in [3.05, 3.63) is 42.5 Å². The summed E-state index contributed by atoms with van der Waals surface area (Å²) in [5, 5.41) is 16.6. The minimum absolute atomic E-state index is 0.384. The second-order valence-electron chi connectivity index (χ2n) is 7.30. The van der Waals surface area contributed by atoms with Gasteiger partial charge in [0.25, 0.3) is 0 Å². The lowest BCUT2D eigenvalue weighted by Crippen LogP contribution is -2.42. The second kappa shape index (κ2) is 5.34. The first kappa shape index (κ1) is 14.4. The van der Waals surface area contributed by atoms with E-state index in [1.807, 2.05) is 0 Å². The van der Waals surface area contributed by atoms with Gasteiger partial charge < -0.3 is 10.4 Å². The van der Waals surface area contributed by atoms with Gasteiger partial charge in [-0.1, -0.05) is 44.2 Å². The van der Waals surface area contributed by atoms with Crippen LogP contribution in [0.3, 0.4) is 0 Å². The zero-order valence-corrected chi connectivity index (χ0v) is 13.0. The molecular weight excluding hydrogens is 258 g/mol. The molecule has 0 atom stereocenters. The third kappa shape index (κ3) is 3.38. The smallest absolute Gasteiger partial charge is 0.0819 e. The van der Waals surface area contributed by atoms with Gasteiger partial charge in [0.2, 0.25) is 0 Å². The van der Waals surface area contributed by atoms with Gasteiger partial charge in [-0.05, 0) is 54.0 Å². The molecule has 1 saturated carbocycles. The van der Waals surface area contributed by atoms with Crippen LogP contribution in [0.2, 0.25) is 0 Å². The third-order valence-electron chi connectivity index (χ3n) is 4.91. The van der Waals surface area contributed by atoms with Gasteiger partial charge >= 0.3 is 0 Å². The van der Waals surface area contributed by atoms with E-state index in [2.05, 4.69) is 61.6 Å². The first-order valence-electron chi connectivity index (χ1n) is 7.91. The Bertz CT molecular complexity index is 622. The summed E-state index contributed by atoms with van der Waals surface area (Å²) in [5.74, 6) is 0. The van der Waals surface area contributed by atoms with Gasteiger partial charge in [-0.3, -0.25) is 0 Å². The summed E-state index contributed by atoms with van der Waals surface area (Å²) in [5.41, 5.74) is 0.919. The summed E-state index contributed by atoms with van der Waals surface area (Å²) in [4.78, 5) is 0. The van der Waals surface area contributed by atoms with E-state index in [1.165, 1.54) is 10.8 Å². The lowest BCUT2D eigenvalue weighted by Gasteiger charge is -2.40. The molecule has 0 heterocycles. The molecule has 2 nitrogen and oxygen atoms in total. The zero-order chi connectivity index (χ0) is 14.9. The highest BCUT2D eigenvalue weighted by Crippen LogP contribution is 2.40. The van der Waals surface area contributed by atoms with Gasteiger partial charge in [-0.15, -0.1) is 0 Å². The van der Waals surface area contributed by atoms with E-state index in [4.69, 9.17) is 0 Å². The lowest BCUT2D eigenvalue weighted by molar-refractivity contribution is -0.0145. The Kier molecular flexibility index (Phi) is 3.66. The highest BCUT2D eigenvalue weighted by Gasteiger charge is 2.36. The maximum Gasteiger partial charge on any atom is 0.0819 e. The van der Waals surface area contributed by atoms with Gasteiger partial charge in [0.1, 0.15) is 0 Å². The molecule has 0 aliphatic heterocycles. The molecule has 0 aromatic heterocycles. The van der Waals surface area contributed by atoms with Crippen LogP contribution in [-0.4, -0.2) is 17.3 Å². The molecule has 3 rings (SSSR count). The van der Waals surface area contributed by atoms with E-state index in [0.29, 0.717) is 12.0 Å². The summed E-state index contributed by atoms with van der Waals surface area (Å²) in [6.45, 7) is 5.23. The van der Waals surface area contributed by atoms with E-state index < -0.39 is 5.60 Å². The van der Waals surface area contributed by atoms with Crippen LogP contribution < -0.4 is 5.32 Å². The maximum absolute atomic E-state index is 10.7. The van der Waals surface area contributed by atoms with E-state index in [0.717, 1.165) is 31.4 Å². The number of benzene rings is 2. The molecule has 0 unspecified atom stereocenters. The summed E-state index contributed by atoms with van der Waals surface area (Å²) < 4.78 is 0. The molecule has 0 amide bonds. The molecule has 0 spiro atoms. The van der Waals surface area contributed by atoms with E-state index in [-0.39, 0.29) is 0 Å². The van der Waals surface area contributed by atoms with Crippen molar-refractivity contribution in [2.45, 2.75) is 45.1 Å². The number of anilines is 1. The molecule has 2 aromatic rings. The van der Waals surface area contributed by atoms with Gasteiger partial charge in [0.05, 0.1) is 5.60 Å². The minimum atomic E-state index is -0.554. The number of rotatable bonds is 3. The first-order chi connectivity index (χ1) is 9.96. The van der Waals surface area contributed by atoms with Crippen molar-refractivity contribution in [1.82, 2.24) is 0 Å². The Morgan fingerprint density at radius 3 is 2.33 bits per heavy atom. The summed E-state index contributed by atoms with van der Waals surface area (Å²) >= 11 is 0. The lowest BCUT2D eigenvalue weighted by atomic mass is 9.71. The minimum Gasteiger partial charge on any atom is -0.388 e. The van der Waals surface area contributed by atoms with Gasteiger partial charge in [0.15, 0.2) is 0 Å². The average Bonchev–Trinajstić information content (AvgIpc) is 2.49. The van der Waals surface area contributed by atoms with Crippen molar-refractivity contribution in [2.75, 3.05) is 11.9 Å². The van der Waals surface area contributed by atoms with Crippen LogP contribution in [0.5, 0.6) is 0 Å². The Hall–Kier alpha value is -1.54. The quantitative estimate of drug-likeness (QED) is 0.864. The van der Waals surface area contributed by atoms with Crippen molar-refractivity contribution in [2.24, 2.45) is 5.41 Å². The molecule has 1 fully saturated rings. The van der Waals surface area contributed by atoms with Crippen molar-refractivity contribution >= 4 is 16.5 Å². The van der Waals surface area contributed by atoms with Gasteiger partial charge in [0, 0.05) is 12.2 Å². The third-order valence-corrected chi connectivity index (χ3v) is 4.91. The van der Waals surface area contributed by atoms with Crippen molar-refractivity contribution in [3.8, 4) is 0 Å². The maximum atomic E-state index is 10.7. The fourth-order valence-electron chi connectivity index (χ4n) is 3.13. The summed E-state index contributed by atoms with van der Waals surface area (Å²) in [6, 6.07) is 14.7. The standard InChI is InChI=1S/C19H25NO/c1-18(2)9-11-19(21,12-10-18)14-20-17-8-7-15-5-3-4-6-16(15)13-17/h3-8,13,20-21H,9-12,14H2,1-2H3. The monoisotopic (exact) mass is 283 g/mol. The molecule has 0 radical (unpaired) electrons. The molecule has 2 aromatic carbocycles. The van der Waals surface area contributed by atoms with E-state index in [9.17, 15) is 5.11 Å².